The lowest BCUT2D eigenvalue weighted by Crippen LogP contribution is -2.36. The average molecular weight is 380 g/mol. The number of benzene rings is 1. The topological polar surface area (TPSA) is 75.6 Å². The van der Waals surface area contributed by atoms with Crippen molar-refractivity contribution in [3.8, 4) is 5.75 Å². The maximum absolute atomic E-state index is 11.9. The molecule has 0 bridgehead atoms. The number of ether oxygens (including phenoxy) is 1. The largest absolute Gasteiger partial charge is 0.491 e. The molecule has 142 valence electrons. The lowest BCUT2D eigenvalue weighted by molar-refractivity contribution is -0.145. The van der Waals surface area contributed by atoms with E-state index in [4.69, 9.17) is 16.3 Å². The normalized spacial score (nSPS) is 18.2. The summed E-state index contributed by atoms with van der Waals surface area (Å²) in [6, 6.07) is 5.38. The second kappa shape index (κ2) is 7.31. The molecule has 1 heterocycles. The third kappa shape index (κ3) is 4.58. The van der Waals surface area contributed by atoms with Crippen molar-refractivity contribution in [2.24, 2.45) is 10.8 Å². The SMILES string of the molecule is CC(C)(C)COc1ccc(C2CC(=O)NC=C2C(C)(C)C(=O)O)cc1Cl. The summed E-state index contributed by atoms with van der Waals surface area (Å²) in [5, 5.41) is 12.7. The van der Waals surface area contributed by atoms with E-state index in [9.17, 15) is 14.7 Å². The van der Waals surface area contributed by atoms with Gasteiger partial charge in [0, 0.05) is 18.5 Å². The minimum Gasteiger partial charge on any atom is -0.491 e. The van der Waals surface area contributed by atoms with E-state index in [0.717, 1.165) is 5.56 Å². The molecule has 0 saturated heterocycles. The molecular formula is C20H26ClNO4. The third-order valence-electron chi connectivity index (χ3n) is 4.43. The standard InChI is InChI=1S/C20H26ClNO4/c1-19(2,3)11-26-16-7-6-12(8-15(16)21)13-9-17(23)22-10-14(13)20(4,5)18(24)25/h6-8,10,13H,9,11H2,1-5H3,(H,22,23)(H,24,25). The van der Waals surface area contributed by atoms with Crippen LogP contribution in [0, 0.1) is 10.8 Å². The fourth-order valence-corrected chi connectivity index (χ4v) is 3.04. The summed E-state index contributed by atoms with van der Waals surface area (Å²) in [6.45, 7) is 10.0. The van der Waals surface area contributed by atoms with Gasteiger partial charge in [-0.3, -0.25) is 9.59 Å². The quantitative estimate of drug-likeness (QED) is 0.796. The van der Waals surface area contributed by atoms with Crippen molar-refractivity contribution in [1.29, 1.82) is 0 Å². The van der Waals surface area contributed by atoms with Gasteiger partial charge in [0.1, 0.15) is 5.75 Å². The van der Waals surface area contributed by atoms with Crippen molar-refractivity contribution in [3.05, 3.63) is 40.6 Å². The Morgan fingerprint density at radius 3 is 2.50 bits per heavy atom. The highest BCUT2D eigenvalue weighted by Crippen LogP contribution is 2.42. The molecule has 5 nitrogen and oxygen atoms in total. The van der Waals surface area contributed by atoms with Gasteiger partial charge in [-0.25, -0.2) is 0 Å². The number of nitrogens with one attached hydrogen (secondary N) is 1. The van der Waals surface area contributed by atoms with Gasteiger partial charge in [0.05, 0.1) is 17.0 Å². The van der Waals surface area contributed by atoms with Crippen LogP contribution in [-0.4, -0.2) is 23.6 Å². The Morgan fingerprint density at radius 1 is 1.31 bits per heavy atom. The highest BCUT2D eigenvalue weighted by Gasteiger charge is 2.39. The van der Waals surface area contributed by atoms with Gasteiger partial charge in [-0.2, -0.15) is 0 Å². The first-order valence-corrected chi connectivity index (χ1v) is 8.95. The minimum atomic E-state index is -1.10. The number of aliphatic carboxylic acids is 1. The molecule has 0 radical (unpaired) electrons. The number of halogens is 1. The van der Waals surface area contributed by atoms with Gasteiger partial charge in [0.25, 0.3) is 0 Å². The van der Waals surface area contributed by atoms with Crippen LogP contribution in [-0.2, 0) is 9.59 Å². The number of carbonyl (C=O) groups is 2. The summed E-state index contributed by atoms with van der Waals surface area (Å²) < 4.78 is 5.78. The Balaban J connectivity index is 2.34. The van der Waals surface area contributed by atoms with E-state index in [1.165, 1.54) is 6.20 Å². The molecule has 6 heteroatoms. The molecule has 0 spiro atoms. The fraction of sp³-hybridized carbons (Fsp3) is 0.500. The zero-order valence-electron chi connectivity index (χ0n) is 15.9. The Bertz CT molecular complexity index is 747. The van der Waals surface area contributed by atoms with Crippen molar-refractivity contribution in [1.82, 2.24) is 5.32 Å². The van der Waals surface area contributed by atoms with Gasteiger partial charge in [0.15, 0.2) is 0 Å². The maximum atomic E-state index is 11.9. The van der Waals surface area contributed by atoms with Crippen LogP contribution in [0.15, 0.2) is 30.0 Å². The number of carboxylic acids is 1. The lowest BCUT2D eigenvalue weighted by atomic mass is 9.72. The zero-order valence-corrected chi connectivity index (χ0v) is 16.6. The predicted molar refractivity (Wildman–Crippen MR) is 101 cm³/mol. The second-order valence-corrected chi connectivity index (χ2v) is 8.80. The molecule has 1 aromatic rings. The molecule has 1 aliphatic heterocycles. The van der Waals surface area contributed by atoms with Crippen LogP contribution in [0.25, 0.3) is 0 Å². The van der Waals surface area contributed by atoms with E-state index >= 15 is 0 Å². The van der Waals surface area contributed by atoms with Crippen LogP contribution in [0.4, 0.5) is 0 Å². The zero-order chi connectivity index (χ0) is 19.7. The molecule has 2 N–H and O–H groups in total. The van der Waals surface area contributed by atoms with Gasteiger partial charge in [0.2, 0.25) is 5.91 Å². The molecule has 1 aromatic carbocycles. The fourth-order valence-electron chi connectivity index (χ4n) is 2.80. The number of carboxylic acid groups (broad SMARTS) is 1. The van der Waals surface area contributed by atoms with Gasteiger partial charge >= 0.3 is 5.97 Å². The van der Waals surface area contributed by atoms with Crippen molar-refractivity contribution < 1.29 is 19.4 Å². The maximum Gasteiger partial charge on any atom is 0.313 e. The van der Waals surface area contributed by atoms with E-state index in [2.05, 4.69) is 26.1 Å². The molecule has 0 saturated carbocycles. The van der Waals surface area contributed by atoms with Crippen LogP contribution in [0.2, 0.25) is 5.02 Å². The van der Waals surface area contributed by atoms with Crippen LogP contribution in [0.3, 0.4) is 0 Å². The summed E-state index contributed by atoms with van der Waals surface area (Å²) in [4.78, 5) is 23.6. The van der Waals surface area contributed by atoms with E-state index in [1.54, 1.807) is 26.0 Å². The third-order valence-corrected chi connectivity index (χ3v) is 4.72. The first-order chi connectivity index (χ1) is 11.9. The van der Waals surface area contributed by atoms with Gasteiger partial charge in [-0.05, 0) is 42.5 Å². The summed E-state index contributed by atoms with van der Waals surface area (Å²) in [5.41, 5.74) is 0.342. The Labute approximate surface area is 159 Å². The highest BCUT2D eigenvalue weighted by atomic mass is 35.5. The monoisotopic (exact) mass is 379 g/mol. The van der Waals surface area contributed by atoms with Gasteiger partial charge in [-0.1, -0.05) is 38.4 Å². The number of rotatable bonds is 5. The molecule has 0 aromatic heterocycles. The van der Waals surface area contributed by atoms with Crippen LogP contribution in [0.5, 0.6) is 5.75 Å². The van der Waals surface area contributed by atoms with E-state index < -0.39 is 11.4 Å². The van der Waals surface area contributed by atoms with Gasteiger partial charge in [-0.15, -0.1) is 0 Å². The highest BCUT2D eigenvalue weighted by molar-refractivity contribution is 6.32. The summed E-state index contributed by atoms with van der Waals surface area (Å²) in [7, 11) is 0. The first-order valence-electron chi connectivity index (χ1n) is 8.57. The van der Waals surface area contributed by atoms with E-state index in [0.29, 0.717) is 23.0 Å². The van der Waals surface area contributed by atoms with Crippen LogP contribution in [0.1, 0.15) is 52.5 Å². The summed E-state index contributed by atoms with van der Waals surface area (Å²) >= 11 is 6.38. The second-order valence-electron chi connectivity index (χ2n) is 8.39. The summed E-state index contributed by atoms with van der Waals surface area (Å²) in [5.74, 6) is -0.858. The smallest absolute Gasteiger partial charge is 0.313 e. The molecule has 26 heavy (non-hydrogen) atoms. The van der Waals surface area contributed by atoms with E-state index in [-0.39, 0.29) is 23.7 Å². The molecule has 2 rings (SSSR count). The summed E-state index contributed by atoms with van der Waals surface area (Å²) in [6.07, 6.45) is 1.70. The minimum absolute atomic E-state index is 0.00484. The molecule has 1 aliphatic rings. The van der Waals surface area contributed by atoms with Crippen LogP contribution < -0.4 is 10.1 Å². The van der Waals surface area contributed by atoms with Crippen molar-refractivity contribution in [3.63, 3.8) is 0 Å². The van der Waals surface area contributed by atoms with E-state index in [1.807, 2.05) is 6.07 Å². The Morgan fingerprint density at radius 2 is 1.96 bits per heavy atom. The predicted octanol–water partition coefficient (Wildman–Crippen LogP) is 4.36. The first kappa shape index (κ1) is 20.3. The molecule has 1 atom stereocenters. The van der Waals surface area contributed by atoms with Gasteiger partial charge < -0.3 is 15.2 Å². The molecule has 0 fully saturated rings. The molecule has 1 amide bonds. The molecule has 1 unspecified atom stereocenters. The van der Waals surface area contributed by atoms with Crippen molar-refractivity contribution in [2.75, 3.05) is 6.61 Å². The Hall–Kier alpha value is -2.01. The molecular weight excluding hydrogens is 354 g/mol. The van der Waals surface area contributed by atoms with Crippen molar-refractivity contribution >= 4 is 23.5 Å². The number of hydrogen-bond acceptors (Lipinski definition) is 3. The Kier molecular flexibility index (Phi) is 5.71. The van der Waals surface area contributed by atoms with Crippen molar-refractivity contribution in [2.45, 2.75) is 47.0 Å². The molecule has 0 aliphatic carbocycles. The lowest BCUT2D eigenvalue weighted by Gasteiger charge is -2.33. The number of amides is 1. The van der Waals surface area contributed by atoms with Crippen LogP contribution >= 0.6 is 11.6 Å². The number of carbonyl (C=O) groups excluding carboxylic acids is 1. The average Bonchev–Trinajstić information content (AvgIpc) is 2.52. The number of hydrogen-bond donors (Lipinski definition) is 2.